The van der Waals surface area contributed by atoms with Gasteiger partial charge in [0, 0.05) is 19.8 Å². The van der Waals surface area contributed by atoms with Gasteiger partial charge in [0.1, 0.15) is 6.73 Å². The average Bonchev–Trinajstić information content (AvgIpc) is 2.28. The van der Waals surface area contributed by atoms with Crippen LogP contribution in [0.5, 0.6) is 0 Å². The number of sulfone groups is 1. The van der Waals surface area contributed by atoms with Gasteiger partial charge in [0.05, 0.1) is 10.6 Å². The molecule has 2 rings (SSSR count). The van der Waals surface area contributed by atoms with E-state index in [0.717, 1.165) is 17.7 Å². The summed E-state index contributed by atoms with van der Waals surface area (Å²) in [5.74, 6) is 0.271. The average molecular weight is 255 g/mol. The summed E-state index contributed by atoms with van der Waals surface area (Å²) in [4.78, 5) is 2.44. The molecule has 0 atom stereocenters. The molecule has 4 nitrogen and oxygen atoms in total. The Morgan fingerprint density at radius 2 is 2.18 bits per heavy atom. The Hall–Kier alpha value is -1.07. The third-order valence-corrected chi connectivity index (χ3v) is 4.90. The van der Waals surface area contributed by atoms with Gasteiger partial charge in [-0.15, -0.1) is 0 Å². The van der Waals surface area contributed by atoms with Crippen LogP contribution < -0.4 is 4.90 Å². The van der Waals surface area contributed by atoms with E-state index >= 15 is 0 Å². The van der Waals surface area contributed by atoms with Crippen LogP contribution in [0.2, 0.25) is 0 Å². The molecular formula is C12H17NO3S. The van der Waals surface area contributed by atoms with Crippen LogP contribution >= 0.6 is 0 Å². The second kappa shape index (κ2) is 4.66. The Kier molecular flexibility index (Phi) is 3.40. The zero-order valence-electron chi connectivity index (χ0n) is 10.1. The molecule has 0 aliphatic carbocycles. The fourth-order valence-electron chi connectivity index (χ4n) is 2.13. The van der Waals surface area contributed by atoms with Crippen LogP contribution in [0.4, 0.5) is 5.69 Å². The predicted octanol–water partition coefficient (Wildman–Crippen LogP) is 1.45. The molecule has 1 aliphatic rings. The van der Waals surface area contributed by atoms with Crippen LogP contribution in [0.15, 0.2) is 23.1 Å². The second-order valence-corrected chi connectivity index (χ2v) is 6.41. The molecule has 94 valence electrons. The van der Waals surface area contributed by atoms with Crippen molar-refractivity contribution in [3.8, 4) is 0 Å². The van der Waals surface area contributed by atoms with Crippen molar-refractivity contribution >= 4 is 15.5 Å². The Bertz CT molecular complexity index is 510. The molecule has 0 aromatic heterocycles. The predicted molar refractivity (Wildman–Crippen MR) is 67.1 cm³/mol. The van der Waals surface area contributed by atoms with Gasteiger partial charge in [0.2, 0.25) is 0 Å². The van der Waals surface area contributed by atoms with Crippen LogP contribution in [-0.4, -0.2) is 35.1 Å². The maximum absolute atomic E-state index is 11.8. The monoisotopic (exact) mass is 255 g/mol. The topological polar surface area (TPSA) is 46.6 Å². The van der Waals surface area contributed by atoms with E-state index in [9.17, 15) is 8.42 Å². The summed E-state index contributed by atoms with van der Waals surface area (Å²) in [6.45, 7) is 0.492. The van der Waals surface area contributed by atoms with E-state index in [1.165, 1.54) is 0 Å². The minimum absolute atomic E-state index is 0.271. The van der Waals surface area contributed by atoms with Gasteiger partial charge < -0.3 is 9.64 Å². The number of nitrogens with zero attached hydrogens (tertiary/aromatic N) is 1. The lowest BCUT2D eigenvalue weighted by Crippen LogP contribution is -2.21. The largest absolute Gasteiger partial charge is 0.364 e. The van der Waals surface area contributed by atoms with Gasteiger partial charge in [-0.2, -0.15) is 0 Å². The number of anilines is 1. The van der Waals surface area contributed by atoms with E-state index in [2.05, 4.69) is 0 Å². The lowest BCUT2D eigenvalue weighted by Gasteiger charge is -2.22. The summed E-state index contributed by atoms with van der Waals surface area (Å²) < 4.78 is 28.7. The highest BCUT2D eigenvalue weighted by Crippen LogP contribution is 2.28. The summed E-state index contributed by atoms with van der Waals surface area (Å²) in [7, 11) is 0.511. The van der Waals surface area contributed by atoms with Crippen molar-refractivity contribution in [3.05, 3.63) is 23.8 Å². The summed E-state index contributed by atoms with van der Waals surface area (Å²) in [5.41, 5.74) is 1.92. The first-order chi connectivity index (χ1) is 8.04. The van der Waals surface area contributed by atoms with Crippen LogP contribution in [-0.2, 0) is 21.0 Å². The number of fused-ring (bicyclic) bond motifs is 1. The number of methoxy groups -OCH3 is 1. The van der Waals surface area contributed by atoms with Gasteiger partial charge in [0.15, 0.2) is 9.84 Å². The first-order valence-electron chi connectivity index (χ1n) is 5.60. The van der Waals surface area contributed by atoms with Crippen molar-refractivity contribution in [1.82, 2.24) is 0 Å². The third-order valence-electron chi connectivity index (χ3n) is 3.00. The van der Waals surface area contributed by atoms with Crippen LogP contribution in [0.25, 0.3) is 0 Å². The van der Waals surface area contributed by atoms with E-state index in [1.54, 1.807) is 13.2 Å². The van der Waals surface area contributed by atoms with Gasteiger partial charge in [-0.05, 0) is 36.6 Å². The molecule has 1 aromatic carbocycles. The van der Waals surface area contributed by atoms with E-state index in [4.69, 9.17) is 4.74 Å². The quantitative estimate of drug-likeness (QED) is 0.767. The molecule has 1 aliphatic heterocycles. The molecule has 0 radical (unpaired) electrons. The molecular weight excluding hydrogens is 238 g/mol. The number of ether oxygens (including phenoxy) is 1. The van der Waals surface area contributed by atoms with Gasteiger partial charge in [0.25, 0.3) is 0 Å². The number of hydrogen-bond donors (Lipinski definition) is 0. The number of aryl methyl sites for hydroxylation is 1. The molecule has 1 aromatic rings. The highest BCUT2D eigenvalue weighted by Gasteiger charge is 2.23. The minimum atomic E-state index is -3.05. The molecule has 17 heavy (non-hydrogen) atoms. The SMILES string of the molecule is COCN(C)c1ccc2c(c1)CCCS2(=O)=O. The van der Waals surface area contributed by atoms with Crippen molar-refractivity contribution in [2.75, 3.05) is 31.5 Å². The van der Waals surface area contributed by atoms with Crippen LogP contribution in [0, 0.1) is 0 Å². The third kappa shape index (κ3) is 2.45. The molecule has 0 fully saturated rings. The minimum Gasteiger partial charge on any atom is -0.364 e. The number of hydrogen-bond acceptors (Lipinski definition) is 4. The fourth-order valence-corrected chi connectivity index (χ4v) is 3.71. The lowest BCUT2D eigenvalue weighted by molar-refractivity contribution is 0.202. The standard InChI is InChI=1S/C12H17NO3S/c1-13(9-16-2)11-5-6-12-10(8-11)4-3-7-17(12,14)15/h5-6,8H,3-4,7,9H2,1-2H3. The summed E-state index contributed by atoms with van der Waals surface area (Å²) in [6.07, 6.45) is 1.55. The number of rotatable bonds is 3. The molecule has 0 spiro atoms. The van der Waals surface area contributed by atoms with Gasteiger partial charge >= 0.3 is 0 Å². The first kappa shape index (κ1) is 12.4. The smallest absolute Gasteiger partial charge is 0.178 e. The summed E-state index contributed by atoms with van der Waals surface area (Å²) in [5, 5.41) is 0. The zero-order chi connectivity index (χ0) is 12.5. The van der Waals surface area contributed by atoms with Gasteiger partial charge in [-0.1, -0.05) is 0 Å². The Labute approximate surface area is 102 Å². The molecule has 0 bridgehead atoms. The van der Waals surface area contributed by atoms with Crippen molar-refractivity contribution in [2.45, 2.75) is 17.7 Å². The van der Waals surface area contributed by atoms with Crippen LogP contribution in [0.1, 0.15) is 12.0 Å². The molecule has 0 saturated heterocycles. The van der Waals surface area contributed by atoms with Gasteiger partial charge in [-0.25, -0.2) is 8.42 Å². The van der Waals surface area contributed by atoms with Crippen molar-refractivity contribution in [2.24, 2.45) is 0 Å². The maximum Gasteiger partial charge on any atom is 0.178 e. The van der Waals surface area contributed by atoms with Crippen molar-refractivity contribution in [1.29, 1.82) is 0 Å². The van der Waals surface area contributed by atoms with Crippen molar-refractivity contribution < 1.29 is 13.2 Å². The van der Waals surface area contributed by atoms with E-state index in [0.29, 0.717) is 18.0 Å². The molecule has 0 N–H and O–H groups in total. The second-order valence-electron chi connectivity index (χ2n) is 4.33. The van der Waals surface area contributed by atoms with E-state index < -0.39 is 9.84 Å². The highest BCUT2D eigenvalue weighted by atomic mass is 32.2. The molecule has 0 amide bonds. The Morgan fingerprint density at radius 1 is 1.41 bits per heavy atom. The lowest BCUT2D eigenvalue weighted by atomic mass is 10.1. The molecule has 0 unspecified atom stereocenters. The normalized spacial score (nSPS) is 17.5. The molecule has 0 saturated carbocycles. The molecule has 1 heterocycles. The fraction of sp³-hybridized carbons (Fsp3) is 0.500. The zero-order valence-corrected chi connectivity index (χ0v) is 11.0. The van der Waals surface area contributed by atoms with Crippen molar-refractivity contribution in [3.63, 3.8) is 0 Å². The van der Waals surface area contributed by atoms with Gasteiger partial charge in [-0.3, -0.25) is 0 Å². The van der Waals surface area contributed by atoms with E-state index in [-0.39, 0.29) is 5.75 Å². The number of benzene rings is 1. The van der Waals surface area contributed by atoms with E-state index in [1.807, 2.05) is 24.1 Å². The maximum atomic E-state index is 11.8. The first-order valence-corrected chi connectivity index (χ1v) is 7.25. The summed E-state index contributed by atoms with van der Waals surface area (Å²) >= 11 is 0. The van der Waals surface area contributed by atoms with Crippen LogP contribution in [0.3, 0.4) is 0 Å². The summed E-state index contributed by atoms with van der Waals surface area (Å²) in [6, 6.07) is 5.50. The Morgan fingerprint density at radius 3 is 2.88 bits per heavy atom. The molecule has 5 heteroatoms. The Balaban J connectivity index is 2.38. The highest BCUT2D eigenvalue weighted by molar-refractivity contribution is 7.91.